The fourth-order valence-corrected chi connectivity index (χ4v) is 7.36. The zero-order chi connectivity index (χ0) is 31.0. The zero-order valence-corrected chi connectivity index (χ0v) is 24.8. The summed E-state index contributed by atoms with van der Waals surface area (Å²) in [5.74, 6) is -3.19. The Balaban J connectivity index is 1.55. The van der Waals surface area contributed by atoms with Crippen LogP contribution in [0.3, 0.4) is 0 Å². The number of hydrogen-bond acceptors (Lipinski definition) is 7. The molecule has 3 aromatic carbocycles. The van der Waals surface area contributed by atoms with Gasteiger partial charge in [-0.3, -0.25) is 9.59 Å². The fraction of sp³-hybridized carbons (Fsp3) is 0.226. The highest BCUT2D eigenvalue weighted by Crippen LogP contribution is 2.67. The van der Waals surface area contributed by atoms with Crippen LogP contribution in [0.1, 0.15) is 29.3 Å². The maximum atomic E-state index is 16.0. The number of ether oxygens (including phenoxy) is 2. The van der Waals surface area contributed by atoms with E-state index < -0.39 is 40.5 Å². The molecule has 0 fully saturated rings. The van der Waals surface area contributed by atoms with Gasteiger partial charge in [-0.05, 0) is 49.7 Å². The zero-order valence-electron chi connectivity index (χ0n) is 23.2. The van der Waals surface area contributed by atoms with Gasteiger partial charge in [-0.15, -0.1) is 0 Å². The van der Waals surface area contributed by atoms with Gasteiger partial charge in [-0.2, -0.15) is 23.0 Å². The average Bonchev–Trinajstić information content (AvgIpc) is 3.70. The van der Waals surface area contributed by atoms with Crippen molar-refractivity contribution in [2.24, 2.45) is 0 Å². The Morgan fingerprint density at radius 3 is 2.52 bits per heavy atom. The second-order valence-electron chi connectivity index (χ2n) is 10.4. The largest absolute Gasteiger partial charge is 0.465 e. The number of hydrogen-bond donors (Lipinski definition) is 0. The van der Waals surface area contributed by atoms with Crippen molar-refractivity contribution in [1.82, 2.24) is 14.8 Å². The number of fused-ring (bicyclic) bond motifs is 4. The normalized spacial score (nSPS) is 20.7. The smallest absolute Gasteiger partial charge is 0.414 e. The number of aromatic nitrogens is 3. The van der Waals surface area contributed by atoms with E-state index in [1.165, 1.54) is 48.3 Å². The van der Waals surface area contributed by atoms with E-state index in [9.17, 15) is 9.59 Å². The number of carbonyl (C=O) groups is 2. The standard InChI is InChI=1S/C31H22ClF3N4O4S/c1-3-42-27(41)29(31(33,34)35)24-17(2)37-39(28-36-21-11-7-8-12-23(21)44-28)25(24)43-30(29)20-15-19(32)13-14-22(20)38(26(30)40)16-18-9-5-4-6-10-18/h4-15H,3,16H2,1-2H3/t29-,30-/m0/s1. The van der Waals surface area contributed by atoms with Gasteiger partial charge in [0.05, 0.1) is 40.3 Å². The number of para-hydroxylation sites is 1. The van der Waals surface area contributed by atoms with E-state index in [0.29, 0.717) is 11.1 Å². The van der Waals surface area contributed by atoms with Crippen LogP contribution in [0.15, 0.2) is 72.8 Å². The minimum atomic E-state index is -5.39. The summed E-state index contributed by atoms with van der Waals surface area (Å²) in [5, 5.41) is 4.63. The Kier molecular flexibility index (Phi) is 6.31. The quantitative estimate of drug-likeness (QED) is 0.201. The Labute approximate surface area is 257 Å². The van der Waals surface area contributed by atoms with Gasteiger partial charge in [0.1, 0.15) is 0 Å². The molecular weight excluding hydrogens is 617 g/mol. The molecule has 7 rings (SSSR count). The lowest BCUT2D eigenvalue weighted by Gasteiger charge is -2.40. The lowest BCUT2D eigenvalue weighted by Crippen LogP contribution is -2.66. The summed E-state index contributed by atoms with van der Waals surface area (Å²) >= 11 is 7.54. The predicted molar refractivity (Wildman–Crippen MR) is 157 cm³/mol. The minimum Gasteiger partial charge on any atom is -0.465 e. The van der Waals surface area contributed by atoms with Crippen molar-refractivity contribution < 1.29 is 32.2 Å². The van der Waals surface area contributed by atoms with Gasteiger partial charge in [0.15, 0.2) is 0 Å². The van der Waals surface area contributed by atoms with Gasteiger partial charge in [0.2, 0.25) is 22.0 Å². The second-order valence-corrected chi connectivity index (χ2v) is 11.9. The van der Waals surface area contributed by atoms with E-state index in [1.807, 2.05) is 12.1 Å². The third kappa shape index (κ3) is 3.64. The van der Waals surface area contributed by atoms with E-state index in [1.54, 1.807) is 42.5 Å². The van der Waals surface area contributed by atoms with E-state index in [0.717, 1.165) is 9.38 Å². The Morgan fingerprint density at radius 2 is 1.82 bits per heavy atom. The molecule has 2 aliphatic rings. The molecule has 0 N–H and O–H groups in total. The number of anilines is 1. The van der Waals surface area contributed by atoms with Crippen molar-refractivity contribution in [3.05, 3.63) is 100 Å². The first-order valence-electron chi connectivity index (χ1n) is 13.6. The first-order valence-corrected chi connectivity index (χ1v) is 14.8. The molecule has 8 nitrogen and oxygen atoms in total. The molecule has 2 atom stereocenters. The molecule has 0 unspecified atom stereocenters. The van der Waals surface area contributed by atoms with E-state index in [4.69, 9.17) is 21.1 Å². The monoisotopic (exact) mass is 638 g/mol. The summed E-state index contributed by atoms with van der Waals surface area (Å²) in [6, 6.07) is 20.1. The number of amides is 1. The first kappa shape index (κ1) is 28.4. The molecule has 224 valence electrons. The maximum Gasteiger partial charge on any atom is 0.414 e. The van der Waals surface area contributed by atoms with Crippen LogP contribution in [0.5, 0.6) is 5.88 Å². The summed E-state index contributed by atoms with van der Waals surface area (Å²) in [6.07, 6.45) is -5.39. The number of halogens is 4. The second kappa shape index (κ2) is 9.80. The average molecular weight is 639 g/mol. The van der Waals surface area contributed by atoms with Crippen LogP contribution in [0.4, 0.5) is 18.9 Å². The number of carbonyl (C=O) groups excluding carboxylic acids is 2. The van der Waals surface area contributed by atoms with Gasteiger partial charge < -0.3 is 14.4 Å². The molecule has 2 aromatic heterocycles. The third-order valence-electron chi connectivity index (χ3n) is 8.00. The van der Waals surface area contributed by atoms with Crippen LogP contribution < -0.4 is 9.64 Å². The van der Waals surface area contributed by atoms with Crippen LogP contribution in [-0.2, 0) is 31.9 Å². The molecule has 0 aliphatic carbocycles. The van der Waals surface area contributed by atoms with Gasteiger partial charge in [0.25, 0.3) is 5.91 Å². The molecule has 0 saturated carbocycles. The first-order chi connectivity index (χ1) is 21.0. The fourth-order valence-electron chi connectivity index (χ4n) is 6.28. The van der Waals surface area contributed by atoms with E-state index >= 15 is 13.2 Å². The number of thiazole rings is 1. The Hall–Kier alpha value is -4.42. The summed E-state index contributed by atoms with van der Waals surface area (Å²) < 4.78 is 61.4. The number of nitrogens with zero attached hydrogens (tertiary/aromatic N) is 4. The predicted octanol–water partition coefficient (Wildman–Crippen LogP) is 6.64. The highest BCUT2D eigenvalue weighted by molar-refractivity contribution is 7.20. The molecule has 5 aromatic rings. The molecular formula is C31H22ClF3N4O4S. The van der Waals surface area contributed by atoms with E-state index in [-0.39, 0.29) is 40.3 Å². The van der Waals surface area contributed by atoms with Crippen molar-refractivity contribution in [2.75, 3.05) is 11.5 Å². The highest BCUT2D eigenvalue weighted by atomic mass is 35.5. The lowest BCUT2D eigenvalue weighted by atomic mass is 9.65. The molecule has 0 saturated heterocycles. The Morgan fingerprint density at radius 1 is 1.09 bits per heavy atom. The molecule has 44 heavy (non-hydrogen) atoms. The van der Waals surface area contributed by atoms with Crippen LogP contribution in [-0.4, -0.2) is 39.4 Å². The molecule has 0 bridgehead atoms. The van der Waals surface area contributed by atoms with Crippen molar-refractivity contribution in [3.63, 3.8) is 0 Å². The maximum absolute atomic E-state index is 16.0. The van der Waals surface area contributed by atoms with E-state index in [2.05, 4.69) is 10.1 Å². The molecule has 1 spiro atoms. The lowest BCUT2D eigenvalue weighted by molar-refractivity contribution is -0.237. The van der Waals surface area contributed by atoms with Crippen LogP contribution in [0, 0.1) is 6.92 Å². The molecule has 1 amide bonds. The third-order valence-corrected chi connectivity index (χ3v) is 9.25. The minimum absolute atomic E-state index is 0.0569. The van der Waals surface area contributed by atoms with Gasteiger partial charge in [-0.25, -0.2) is 4.98 Å². The van der Waals surface area contributed by atoms with Crippen LogP contribution in [0.2, 0.25) is 5.02 Å². The molecule has 13 heteroatoms. The summed E-state index contributed by atoms with van der Waals surface area (Å²) in [4.78, 5) is 34.5. The number of rotatable bonds is 5. The SMILES string of the molecule is CCOC(=O)[C@@]1(C(F)(F)F)c2c(C)nn(-c3nc4ccccc4s3)c2O[C@@]12C(=O)N(Cc1ccccc1)c1ccc(Cl)cc12. The molecule has 2 aliphatic heterocycles. The van der Waals surface area contributed by atoms with Gasteiger partial charge >= 0.3 is 12.1 Å². The van der Waals surface area contributed by atoms with Gasteiger partial charge in [-0.1, -0.05) is 65.4 Å². The highest BCUT2D eigenvalue weighted by Gasteiger charge is 2.85. The number of esters is 1. The number of aryl methyl sites for hydroxylation is 1. The van der Waals surface area contributed by atoms with Crippen molar-refractivity contribution in [3.8, 4) is 11.0 Å². The number of alkyl halides is 3. The van der Waals surface area contributed by atoms with Crippen molar-refractivity contribution >= 4 is 50.7 Å². The van der Waals surface area contributed by atoms with Crippen LogP contribution >= 0.6 is 22.9 Å². The Bertz CT molecular complexity index is 1940. The number of benzene rings is 3. The van der Waals surface area contributed by atoms with Crippen LogP contribution in [0.25, 0.3) is 15.3 Å². The van der Waals surface area contributed by atoms with Crippen molar-refractivity contribution in [2.45, 2.75) is 37.6 Å². The summed E-state index contributed by atoms with van der Waals surface area (Å²) in [6.45, 7) is 2.27. The molecule has 0 radical (unpaired) electrons. The molecule has 4 heterocycles. The summed E-state index contributed by atoms with van der Waals surface area (Å²) in [5.41, 5.74) is -6.19. The van der Waals surface area contributed by atoms with Gasteiger partial charge in [0, 0.05) is 10.6 Å². The topological polar surface area (TPSA) is 86.5 Å². The summed E-state index contributed by atoms with van der Waals surface area (Å²) in [7, 11) is 0. The van der Waals surface area contributed by atoms with Crippen molar-refractivity contribution in [1.29, 1.82) is 0 Å².